The monoisotopic (exact) mass is 758 g/mol. The van der Waals surface area contributed by atoms with Crippen LogP contribution in [0.1, 0.15) is 91.3 Å². The molecule has 276 valence electrons. The molecule has 13 heteroatoms. The highest BCUT2D eigenvalue weighted by Gasteiger charge is 2.31. The Labute approximate surface area is 302 Å². The van der Waals surface area contributed by atoms with E-state index < -0.39 is 60.5 Å². The fourth-order valence-corrected chi connectivity index (χ4v) is 8.84. The Bertz CT molecular complexity index is 2220. The molecule has 0 amide bonds. The summed E-state index contributed by atoms with van der Waals surface area (Å²) in [5.41, 5.74) is 0.783. The van der Waals surface area contributed by atoms with Crippen LogP contribution in [0.2, 0.25) is 0 Å². The molecule has 0 radical (unpaired) electrons. The Morgan fingerprint density at radius 2 is 1.08 bits per heavy atom. The Morgan fingerprint density at radius 3 is 1.55 bits per heavy atom. The molecule has 0 aliphatic heterocycles. The minimum Gasteiger partial charge on any atom is -0.488 e. The molecule has 0 unspecified atom stereocenters. The highest BCUT2D eigenvalue weighted by Crippen LogP contribution is 2.39. The summed E-state index contributed by atoms with van der Waals surface area (Å²) in [6.07, 6.45) is 2.12. The normalized spacial score (nSPS) is 13.2. The van der Waals surface area contributed by atoms with Crippen molar-refractivity contribution in [2.75, 3.05) is 0 Å². The van der Waals surface area contributed by atoms with E-state index in [1.54, 1.807) is 26.0 Å². The first-order chi connectivity index (χ1) is 23.4. The maximum Gasteiger partial charge on any atom is 0.298 e. The van der Waals surface area contributed by atoms with Crippen LogP contribution in [0.5, 0.6) is 17.2 Å². The number of rotatable bonds is 14. The molecule has 4 aromatic carbocycles. The van der Waals surface area contributed by atoms with E-state index in [0.717, 1.165) is 47.6 Å². The van der Waals surface area contributed by atoms with Crippen molar-refractivity contribution >= 4 is 30.1 Å². The van der Waals surface area contributed by atoms with Crippen molar-refractivity contribution in [3.05, 3.63) is 102 Å². The van der Waals surface area contributed by atoms with Crippen LogP contribution in [0.25, 0.3) is 0 Å². The Kier molecular flexibility index (Phi) is 11.3. The van der Waals surface area contributed by atoms with Gasteiger partial charge in [-0.2, -0.15) is 16.8 Å². The first-order valence-corrected chi connectivity index (χ1v) is 20.9. The standard InChI is InChI=1S/C38H46O10S3/c1-9-23-36(3,4)32-21-19-30(24-34(32)50(41,42)43)49(39,40)31-20-22-33(35(25-31)51(44,45)46)47-28-15-11-26(12-16-28)38(7,8)27-13-17-29(18-14-27)48-37(5,6)10-2/h11-22,24-25H,9-10,23H2,1-8H3,(H,41,42,43)(H,44,45,46). The van der Waals surface area contributed by atoms with Crippen LogP contribution in [0.4, 0.5) is 0 Å². The van der Waals surface area contributed by atoms with Gasteiger partial charge in [-0.1, -0.05) is 78.3 Å². The SMILES string of the molecule is CCCC(C)(C)c1ccc(S(=O)(=O)c2ccc(Oc3ccc(C(C)(C)c4ccc(OC(C)(C)CC)cc4)cc3)c(S(=O)(=O)O)c2)cc1S(=O)(=O)O. The summed E-state index contributed by atoms with van der Waals surface area (Å²) in [5, 5.41) is 0. The summed E-state index contributed by atoms with van der Waals surface area (Å²) < 4.78 is 109. The van der Waals surface area contributed by atoms with E-state index in [1.165, 1.54) is 12.1 Å². The van der Waals surface area contributed by atoms with E-state index in [9.17, 15) is 34.4 Å². The van der Waals surface area contributed by atoms with Crippen LogP contribution in [0.3, 0.4) is 0 Å². The smallest absolute Gasteiger partial charge is 0.298 e. The molecule has 4 rings (SSSR count). The minimum absolute atomic E-state index is 0.226. The van der Waals surface area contributed by atoms with E-state index in [2.05, 4.69) is 20.8 Å². The molecule has 0 fully saturated rings. The highest BCUT2D eigenvalue weighted by atomic mass is 32.2. The van der Waals surface area contributed by atoms with E-state index in [4.69, 9.17) is 9.47 Å². The molecule has 2 N–H and O–H groups in total. The highest BCUT2D eigenvalue weighted by molar-refractivity contribution is 7.91. The number of hydrogen-bond donors (Lipinski definition) is 2. The summed E-state index contributed by atoms with van der Waals surface area (Å²) in [6.45, 7) is 15.7. The van der Waals surface area contributed by atoms with Crippen LogP contribution in [-0.4, -0.2) is 40.0 Å². The maximum absolute atomic E-state index is 13.7. The predicted molar refractivity (Wildman–Crippen MR) is 196 cm³/mol. The number of ether oxygens (including phenoxy) is 2. The molecule has 51 heavy (non-hydrogen) atoms. The van der Waals surface area contributed by atoms with E-state index in [1.807, 2.05) is 57.2 Å². The molecular formula is C38H46O10S3. The van der Waals surface area contributed by atoms with Gasteiger partial charge in [0.25, 0.3) is 20.2 Å². The molecule has 0 aromatic heterocycles. The van der Waals surface area contributed by atoms with Crippen LogP contribution in [0, 0.1) is 0 Å². The van der Waals surface area contributed by atoms with Gasteiger partial charge >= 0.3 is 0 Å². The zero-order chi connectivity index (χ0) is 38.2. The number of hydrogen-bond acceptors (Lipinski definition) is 8. The molecule has 0 saturated carbocycles. The van der Waals surface area contributed by atoms with Gasteiger partial charge in [0.15, 0.2) is 0 Å². The zero-order valence-corrected chi connectivity index (χ0v) is 32.5. The van der Waals surface area contributed by atoms with Crippen molar-refractivity contribution in [2.24, 2.45) is 0 Å². The fourth-order valence-electron chi connectivity index (χ4n) is 5.84. The summed E-state index contributed by atoms with van der Waals surface area (Å²) in [4.78, 5) is -2.41. The molecule has 0 aliphatic carbocycles. The van der Waals surface area contributed by atoms with Crippen LogP contribution in [-0.2, 0) is 40.9 Å². The van der Waals surface area contributed by atoms with Crippen LogP contribution < -0.4 is 9.47 Å². The number of sulfone groups is 1. The lowest BCUT2D eigenvalue weighted by molar-refractivity contribution is 0.105. The summed E-state index contributed by atoms with van der Waals surface area (Å²) in [7, 11) is -14.4. The maximum atomic E-state index is 13.7. The van der Waals surface area contributed by atoms with Gasteiger partial charge in [-0.05, 0) is 103 Å². The predicted octanol–water partition coefficient (Wildman–Crippen LogP) is 8.78. The third kappa shape index (κ3) is 9.01. The minimum atomic E-state index is -5.00. The van der Waals surface area contributed by atoms with Crippen LogP contribution >= 0.6 is 0 Å². The van der Waals surface area contributed by atoms with Gasteiger partial charge in [-0.15, -0.1) is 0 Å². The van der Waals surface area contributed by atoms with E-state index in [-0.39, 0.29) is 22.7 Å². The average molecular weight is 759 g/mol. The second-order valence-corrected chi connectivity index (χ2v) is 19.1. The van der Waals surface area contributed by atoms with Crippen molar-refractivity contribution in [1.82, 2.24) is 0 Å². The van der Waals surface area contributed by atoms with Crippen LogP contribution in [0.15, 0.2) is 105 Å². The van der Waals surface area contributed by atoms with Crippen molar-refractivity contribution < 1.29 is 43.8 Å². The molecule has 0 spiro atoms. The van der Waals surface area contributed by atoms with Crippen molar-refractivity contribution in [3.8, 4) is 17.2 Å². The fraction of sp³-hybridized carbons (Fsp3) is 0.368. The Balaban J connectivity index is 1.65. The van der Waals surface area contributed by atoms with Gasteiger partial charge in [-0.3, -0.25) is 9.11 Å². The van der Waals surface area contributed by atoms with Gasteiger partial charge in [0.1, 0.15) is 27.7 Å². The first kappa shape index (κ1) is 40.0. The molecule has 0 saturated heterocycles. The van der Waals surface area contributed by atoms with E-state index >= 15 is 0 Å². The largest absolute Gasteiger partial charge is 0.488 e. The molecule has 10 nitrogen and oxygen atoms in total. The molecule has 0 aliphatic rings. The quantitative estimate of drug-likeness (QED) is 0.119. The lowest BCUT2D eigenvalue weighted by Crippen LogP contribution is -2.26. The zero-order valence-electron chi connectivity index (χ0n) is 30.1. The van der Waals surface area contributed by atoms with Crippen molar-refractivity contribution in [1.29, 1.82) is 0 Å². The average Bonchev–Trinajstić information content (AvgIpc) is 3.04. The molecular weight excluding hydrogens is 713 g/mol. The lowest BCUT2D eigenvalue weighted by atomic mass is 9.78. The van der Waals surface area contributed by atoms with Crippen molar-refractivity contribution in [2.45, 2.75) is 111 Å². The van der Waals surface area contributed by atoms with Gasteiger partial charge in [0.05, 0.1) is 14.7 Å². The third-order valence-corrected chi connectivity index (χ3v) is 12.8. The van der Waals surface area contributed by atoms with Gasteiger partial charge in [0, 0.05) is 5.41 Å². The van der Waals surface area contributed by atoms with E-state index in [0.29, 0.717) is 12.8 Å². The lowest BCUT2D eigenvalue weighted by Gasteiger charge is -2.28. The second-order valence-electron chi connectivity index (χ2n) is 14.3. The van der Waals surface area contributed by atoms with Gasteiger partial charge in [0.2, 0.25) is 9.84 Å². The molecule has 0 atom stereocenters. The van der Waals surface area contributed by atoms with Crippen molar-refractivity contribution in [3.63, 3.8) is 0 Å². The summed E-state index contributed by atoms with van der Waals surface area (Å²) in [6, 6.07) is 21.1. The van der Waals surface area contributed by atoms with Gasteiger partial charge < -0.3 is 9.47 Å². The molecule has 0 heterocycles. The molecule has 4 aromatic rings. The molecule has 0 bridgehead atoms. The topological polar surface area (TPSA) is 161 Å². The van der Waals surface area contributed by atoms with Gasteiger partial charge in [-0.25, -0.2) is 8.42 Å². The second kappa shape index (κ2) is 14.3. The first-order valence-electron chi connectivity index (χ1n) is 16.5. The number of benzene rings is 4. The Morgan fingerprint density at radius 1 is 0.608 bits per heavy atom. The summed E-state index contributed by atoms with van der Waals surface area (Å²) in [5.74, 6) is 0.666. The summed E-state index contributed by atoms with van der Waals surface area (Å²) >= 11 is 0. The third-order valence-electron chi connectivity index (χ3n) is 9.27. The Hall–Kier alpha value is -3.75.